The lowest BCUT2D eigenvalue weighted by molar-refractivity contribution is 0.340. The molecular formula is C12H13NO2S. The highest BCUT2D eigenvalue weighted by atomic mass is 32.2. The largest absolute Gasteiger partial charge is 0.494 e. The topological polar surface area (TPSA) is 35.3 Å². The molecule has 0 spiro atoms. The summed E-state index contributed by atoms with van der Waals surface area (Å²) in [6.07, 6.45) is 1.97. The van der Waals surface area contributed by atoms with Crippen LogP contribution >= 0.6 is 11.8 Å². The first kappa shape index (κ1) is 11.1. The lowest BCUT2D eigenvalue weighted by atomic mass is 10.2. The van der Waals surface area contributed by atoms with Gasteiger partial charge in [0.1, 0.15) is 10.8 Å². The number of hydrogen-bond acceptors (Lipinski definition) is 4. The molecule has 0 atom stereocenters. The Morgan fingerprint density at radius 1 is 1.31 bits per heavy atom. The van der Waals surface area contributed by atoms with Gasteiger partial charge < -0.3 is 9.26 Å². The first-order valence-electron chi connectivity index (χ1n) is 5.07. The van der Waals surface area contributed by atoms with E-state index in [1.165, 1.54) is 0 Å². The Morgan fingerprint density at radius 3 is 2.62 bits per heavy atom. The fourth-order valence-electron chi connectivity index (χ4n) is 1.37. The normalized spacial score (nSPS) is 10.4. The Kier molecular flexibility index (Phi) is 3.51. The summed E-state index contributed by atoms with van der Waals surface area (Å²) < 4.78 is 10.6. The van der Waals surface area contributed by atoms with Crippen molar-refractivity contribution in [3.63, 3.8) is 0 Å². The van der Waals surface area contributed by atoms with E-state index in [1.54, 1.807) is 11.8 Å². The fraction of sp³-hybridized carbons (Fsp3) is 0.250. The third kappa shape index (κ3) is 2.39. The molecule has 0 amide bonds. The average molecular weight is 235 g/mol. The minimum absolute atomic E-state index is 0.679. The van der Waals surface area contributed by atoms with Crippen LogP contribution in [0.5, 0.6) is 5.75 Å². The van der Waals surface area contributed by atoms with E-state index in [9.17, 15) is 0 Å². The van der Waals surface area contributed by atoms with Crippen molar-refractivity contribution >= 4 is 11.8 Å². The molecule has 2 aromatic rings. The quantitative estimate of drug-likeness (QED) is 0.760. The third-order valence-corrected chi connectivity index (χ3v) is 2.76. The first-order valence-corrected chi connectivity index (χ1v) is 6.30. The lowest BCUT2D eigenvalue weighted by Gasteiger charge is -2.02. The summed E-state index contributed by atoms with van der Waals surface area (Å²) in [4.78, 5) is 0. The summed E-state index contributed by atoms with van der Waals surface area (Å²) in [6.45, 7) is 2.65. The van der Waals surface area contributed by atoms with Gasteiger partial charge in [-0.15, -0.1) is 11.8 Å². The molecule has 4 heteroatoms. The minimum atomic E-state index is 0.679. The smallest absolute Gasteiger partial charge is 0.168 e. The molecule has 0 unspecified atom stereocenters. The molecule has 0 N–H and O–H groups in total. The van der Waals surface area contributed by atoms with Crippen molar-refractivity contribution < 1.29 is 9.26 Å². The second-order valence-corrected chi connectivity index (χ2v) is 4.02. The maximum atomic E-state index is 5.37. The summed E-state index contributed by atoms with van der Waals surface area (Å²) in [5.41, 5.74) is 1.01. The van der Waals surface area contributed by atoms with Crippen LogP contribution < -0.4 is 4.74 Å². The van der Waals surface area contributed by atoms with Crippen molar-refractivity contribution in [1.82, 2.24) is 5.16 Å². The molecule has 0 aliphatic rings. The summed E-state index contributed by atoms with van der Waals surface area (Å²) in [6, 6.07) is 9.73. The van der Waals surface area contributed by atoms with Gasteiger partial charge in [0.05, 0.1) is 6.61 Å². The van der Waals surface area contributed by atoms with E-state index in [0.29, 0.717) is 6.61 Å². The van der Waals surface area contributed by atoms with Gasteiger partial charge in [-0.25, -0.2) is 0 Å². The molecule has 1 heterocycles. The van der Waals surface area contributed by atoms with Crippen molar-refractivity contribution in [3.05, 3.63) is 30.3 Å². The molecule has 0 aliphatic carbocycles. The molecule has 3 nitrogen and oxygen atoms in total. The highest BCUT2D eigenvalue weighted by Gasteiger charge is 2.05. The van der Waals surface area contributed by atoms with Crippen LogP contribution in [0.3, 0.4) is 0 Å². The van der Waals surface area contributed by atoms with Crippen LogP contribution in [0.15, 0.2) is 39.9 Å². The summed E-state index contributed by atoms with van der Waals surface area (Å²) in [5.74, 6) is 1.66. The van der Waals surface area contributed by atoms with Crippen molar-refractivity contribution in [2.75, 3.05) is 12.9 Å². The fourth-order valence-corrected chi connectivity index (χ4v) is 1.71. The van der Waals surface area contributed by atoms with Gasteiger partial charge in [-0.3, -0.25) is 0 Å². The predicted molar refractivity (Wildman–Crippen MR) is 64.9 cm³/mol. The molecule has 0 saturated heterocycles. The monoisotopic (exact) mass is 235 g/mol. The molecule has 16 heavy (non-hydrogen) atoms. The Bertz CT molecular complexity index is 450. The van der Waals surface area contributed by atoms with Crippen LogP contribution in [0, 0.1) is 0 Å². The van der Waals surface area contributed by atoms with E-state index in [0.717, 1.165) is 22.1 Å². The maximum Gasteiger partial charge on any atom is 0.168 e. The SMILES string of the molecule is CCOc1ccc(-c2cc(SC)no2)cc1. The summed E-state index contributed by atoms with van der Waals surface area (Å²) >= 11 is 1.57. The van der Waals surface area contributed by atoms with Gasteiger partial charge in [0.2, 0.25) is 0 Å². The lowest BCUT2D eigenvalue weighted by Crippen LogP contribution is -1.90. The number of hydrogen-bond donors (Lipinski definition) is 0. The van der Waals surface area contributed by atoms with E-state index in [-0.39, 0.29) is 0 Å². The number of benzene rings is 1. The van der Waals surface area contributed by atoms with Gasteiger partial charge in [-0.05, 0) is 37.4 Å². The van der Waals surface area contributed by atoms with Crippen molar-refractivity contribution in [1.29, 1.82) is 0 Å². The Balaban J connectivity index is 2.20. The third-order valence-electron chi connectivity index (χ3n) is 2.15. The second-order valence-electron chi connectivity index (χ2n) is 3.19. The maximum absolute atomic E-state index is 5.37. The second kappa shape index (κ2) is 5.07. The van der Waals surface area contributed by atoms with Gasteiger partial charge in [0.25, 0.3) is 0 Å². The van der Waals surface area contributed by atoms with Crippen LogP contribution in [0.2, 0.25) is 0 Å². The van der Waals surface area contributed by atoms with Crippen LogP contribution in [0.25, 0.3) is 11.3 Å². The van der Waals surface area contributed by atoms with Crippen LogP contribution in [-0.2, 0) is 0 Å². The number of ether oxygens (including phenoxy) is 1. The van der Waals surface area contributed by atoms with E-state index < -0.39 is 0 Å². The van der Waals surface area contributed by atoms with Crippen molar-refractivity contribution in [3.8, 4) is 17.1 Å². The van der Waals surface area contributed by atoms with Gasteiger partial charge in [0, 0.05) is 11.6 Å². The molecule has 2 rings (SSSR count). The Labute approximate surface area is 98.8 Å². The predicted octanol–water partition coefficient (Wildman–Crippen LogP) is 3.46. The number of nitrogens with zero attached hydrogens (tertiary/aromatic N) is 1. The van der Waals surface area contributed by atoms with Crippen molar-refractivity contribution in [2.24, 2.45) is 0 Å². The average Bonchev–Trinajstić information content (AvgIpc) is 2.79. The van der Waals surface area contributed by atoms with E-state index in [2.05, 4.69) is 5.16 Å². The first-order chi connectivity index (χ1) is 7.83. The highest BCUT2D eigenvalue weighted by molar-refractivity contribution is 7.98. The molecule has 0 radical (unpaired) electrons. The molecule has 0 bridgehead atoms. The number of aromatic nitrogens is 1. The van der Waals surface area contributed by atoms with Crippen LogP contribution in [-0.4, -0.2) is 18.0 Å². The molecule has 84 valence electrons. The molecule has 0 aliphatic heterocycles. The zero-order valence-corrected chi connectivity index (χ0v) is 10.1. The number of thioether (sulfide) groups is 1. The zero-order valence-electron chi connectivity index (χ0n) is 9.27. The van der Waals surface area contributed by atoms with Crippen LogP contribution in [0.1, 0.15) is 6.92 Å². The Morgan fingerprint density at radius 2 is 2.06 bits per heavy atom. The highest BCUT2D eigenvalue weighted by Crippen LogP contribution is 2.25. The van der Waals surface area contributed by atoms with Crippen molar-refractivity contribution in [2.45, 2.75) is 11.9 Å². The molecular weight excluding hydrogens is 222 g/mol. The molecule has 1 aromatic carbocycles. The summed E-state index contributed by atoms with van der Waals surface area (Å²) in [7, 11) is 0. The van der Waals surface area contributed by atoms with Gasteiger partial charge in [0.15, 0.2) is 5.76 Å². The van der Waals surface area contributed by atoms with Gasteiger partial charge >= 0.3 is 0 Å². The van der Waals surface area contributed by atoms with E-state index in [1.807, 2.05) is 43.5 Å². The zero-order chi connectivity index (χ0) is 11.4. The van der Waals surface area contributed by atoms with E-state index >= 15 is 0 Å². The van der Waals surface area contributed by atoms with Gasteiger partial charge in [-0.1, -0.05) is 5.16 Å². The molecule has 1 aromatic heterocycles. The molecule has 0 fully saturated rings. The van der Waals surface area contributed by atoms with Crippen LogP contribution in [0.4, 0.5) is 0 Å². The standard InChI is InChI=1S/C12H13NO2S/c1-3-14-10-6-4-9(5-7-10)11-8-12(16-2)13-15-11/h4-8H,3H2,1-2H3. The minimum Gasteiger partial charge on any atom is -0.494 e. The molecule has 0 saturated carbocycles. The number of rotatable bonds is 4. The van der Waals surface area contributed by atoms with E-state index in [4.69, 9.17) is 9.26 Å². The van der Waals surface area contributed by atoms with Gasteiger partial charge in [-0.2, -0.15) is 0 Å². The Hall–Kier alpha value is -1.42. The summed E-state index contributed by atoms with van der Waals surface area (Å²) in [5, 5.41) is 4.82.